The van der Waals surface area contributed by atoms with Gasteiger partial charge >= 0.3 is 0 Å². The van der Waals surface area contributed by atoms with Crippen LogP contribution in [0.15, 0.2) is 29.2 Å². The first kappa shape index (κ1) is 15.3. The van der Waals surface area contributed by atoms with Crippen molar-refractivity contribution in [2.45, 2.75) is 31.0 Å². The molecule has 1 aromatic carbocycles. The lowest BCUT2D eigenvalue weighted by atomic mass is 10.2. The molecule has 0 bridgehead atoms. The number of hydrogen-bond acceptors (Lipinski definition) is 5. The minimum absolute atomic E-state index is 0.0257. The molecule has 1 heterocycles. The Hall–Kier alpha value is -1.11. The molecule has 20 heavy (non-hydrogen) atoms. The maximum atomic E-state index is 11.8. The molecular weight excluding hydrogens is 276 g/mol. The highest BCUT2D eigenvalue weighted by Gasteiger charge is 2.24. The summed E-state index contributed by atoms with van der Waals surface area (Å²) in [5.41, 5.74) is 6.68. The van der Waals surface area contributed by atoms with Crippen LogP contribution in [0.3, 0.4) is 0 Å². The second kappa shape index (κ2) is 6.11. The number of ether oxygens (including phenoxy) is 1. The maximum Gasteiger partial charge on any atom is 0.178 e. The van der Waals surface area contributed by atoms with Crippen molar-refractivity contribution >= 4 is 15.5 Å². The molecule has 1 aliphatic heterocycles. The van der Waals surface area contributed by atoms with Crippen molar-refractivity contribution in [3.05, 3.63) is 24.3 Å². The fraction of sp³-hybridized carbons (Fsp3) is 0.571. The molecule has 2 N–H and O–H groups in total. The lowest BCUT2D eigenvalue weighted by molar-refractivity contribution is -0.0104. The van der Waals surface area contributed by atoms with E-state index in [0.29, 0.717) is 11.4 Å². The van der Waals surface area contributed by atoms with Crippen LogP contribution in [-0.2, 0) is 14.6 Å². The second-order valence-corrected chi connectivity index (χ2v) is 7.38. The van der Waals surface area contributed by atoms with Gasteiger partial charge < -0.3 is 15.4 Å². The number of morpholine rings is 1. The zero-order chi connectivity index (χ0) is 14.8. The fourth-order valence-corrected chi connectivity index (χ4v) is 3.30. The molecule has 0 saturated carbocycles. The molecule has 5 nitrogen and oxygen atoms in total. The number of benzene rings is 1. The van der Waals surface area contributed by atoms with Gasteiger partial charge in [-0.2, -0.15) is 0 Å². The number of nitrogens with zero attached hydrogens (tertiary/aromatic N) is 1. The van der Waals surface area contributed by atoms with Gasteiger partial charge in [-0.25, -0.2) is 8.42 Å². The zero-order valence-corrected chi connectivity index (χ0v) is 12.8. The molecule has 0 amide bonds. The van der Waals surface area contributed by atoms with Crippen LogP contribution in [0.1, 0.15) is 13.8 Å². The van der Waals surface area contributed by atoms with Gasteiger partial charge in [0.15, 0.2) is 9.84 Å². The Morgan fingerprint density at radius 1 is 1.30 bits per heavy atom. The molecule has 0 radical (unpaired) electrons. The van der Waals surface area contributed by atoms with Crippen LogP contribution >= 0.6 is 0 Å². The third-order valence-corrected chi connectivity index (χ3v) is 5.28. The van der Waals surface area contributed by atoms with E-state index < -0.39 is 9.84 Å². The summed E-state index contributed by atoms with van der Waals surface area (Å²) in [6.45, 7) is 5.68. The minimum atomic E-state index is -3.14. The highest BCUT2D eigenvalue weighted by molar-refractivity contribution is 7.91. The third kappa shape index (κ3) is 3.31. The van der Waals surface area contributed by atoms with Gasteiger partial charge in [-0.15, -0.1) is 0 Å². The molecule has 1 fully saturated rings. The minimum Gasteiger partial charge on any atom is -0.370 e. The highest BCUT2D eigenvalue weighted by atomic mass is 32.2. The molecule has 2 rings (SSSR count). The normalized spacial score (nSPS) is 23.9. The van der Waals surface area contributed by atoms with Crippen molar-refractivity contribution in [2.75, 3.05) is 30.3 Å². The summed E-state index contributed by atoms with van der Waals surface area (Å²) in [7, 11) is -3.14. The Labute approximate surface area is 120 Å². The molecule has 1 saturated heterocycles. The van der Waals surface area contributed by atoms with Crippen LogP contribution in [0.2, 0.25) is 0 Å². The molecule has 0 spiro atoms. The van der Waals surface area contributed by atoms with Crippen molar-refractivity contribution in [3.63, 3.8) is 0 Å². The lowest BCUT2D eigenvalue weighted by Gasteiger charge is -2.37. The standard InChI is InChI=1S/C14H22N2O3S/c1-3-20(17,18)14-6-4-12(5-7-14)16-9-11(2)19-13(8-15)10-16/h4-7,11,13H,3,8-10,15H2,1-2H3. The molecule has 1 aliphatic rings. The number of sulfone groups is 1. The molecular formula is C14H22N2O3S. The van der Waals surface area contributed by atoms with Gasteiger partial charge in [0, 0.05) is 25.3 Å². The van der Waals surface area contributed by atoms with Crippen molar-refractivity contribution in [1.29, 1.82) is 0 Å². The zero-order valence-electron chi connectivity index (χ0n) is 12.0. The first-order chi connectivity index (χ1) is 9.46. The first-order valence-corrected chi connectivity index (χ1v) is 8.54. The van der Waals surface area contributed by atoms with E-state index >= 15 is 0 Å². The van der Waals surface area contributed by atoms with Gasteiger partial charge in [0.1, 0.15) is 0 Å². The number of anilines is 1. The van der Waals surface area contributed by atoms with Crippen LogP contribution < -0.4 is 10.6 Å². The Kier molecular flexibility index (Phi) is 4.67. The Balaban J connectivity index is 2.17. The molecule has 0 aliphatic carbocycles. The summed E-state index contributed by atoms with van der Waals surface area (Å²) < 4.78 is 29.3. The average Bonchev–Trinajstić information content (AvgIpc) is 2.46. The van der Waals surface area contributed by atoms with E-state index in [0.717, 1.165) is 18.8 Å². The number of hydrogen-bond donors (Lipinski definition) is 1. The molecule has 112 valence electrons. The summed E-state index contributed by atoms with van der Waals surface area (Å²) in [4.78, 5) is 2.56. The molecule has 6 heteroatoms. The van der Waals surface area contributed by atoms with E-state index in [1.807, 2.05) is 19.1 Å². The van der Waals surface area contributed by atoms with Crippen molar-refractivity contribution < 1.29 is 13.2 Å². The second-order valence-electron chi connectivity index (χ2n) is 5.11. The summed E-state index contributed by atoms with van der Waals surface area (Å²) in [6.07, 6.45) is 0.147. The van der Waals surface area contributed by atoms with E-state index in [-0.39, 0.29) is 18.0 Å². The molecule has 2 atom stereocenters. The van der Waals surface area contributed by atoms with Gasteiger partial charge in [-0.05, 0) is 31.2 Å². The topological polar surface area (TPSA) is 72.6 Å². The van der Waals surface area contributed by atoms with E-state index in [9.17, 15) is 8.42 Å². The van der Waals surface area contributed by atoms with Crippen LogP contribution in [0.4, 0.5) is 5.69 Å². The summed E-state index contributed by atoms with van der Waals surface area (Å²) in [5, 5.41) is 0. The van der Waals surface area contributed by atoms with Gasteiger partial charge in [0.2, 0.25) is 0 Å². The summed E-state index contributed by atoms with van der Waals surface area (Å²) >= 11 is 0. The van der Waals surface area contributed by atoms with E-state index in [4.69, 9.17) is 10.5 Å². The van der Waals surface area contributed by atoms with Crippen LogP contribution in [0.5, 0.6) is 0 Å². The summed E-state index contributed by atoms with van der Waals surface area (Å²) in [5.74, 6) is 0.121. The van der Waals surface area contributed by atoms with Crippen LogP contribution in [0.25, 0.3) is 0 Å². The largest absolute Gasteiger partial charge is 0.370 e. The Bertz CT molecular complexity index is 542. The van der Waals surface area contributed by atoms with E-state index in [1.165, 1.54) is 0 Å². The molecule has 2 unspecified atom stereocenters. The van der Waals surface area contributed by atoms with Crippen molar-refractivity contribution in [3.8, 4) is 0 Å². The molecule has 0 aromatic heterocycles. The van der Waals surface area contributed by atoms with Gasteiger partial charge in [0.25, 0.3) is 0 Å². The maximum absolute atomic E-state index is 11.8. The predicted octanol–water partition coefficient (Wildman–Crippen LogP) is 1.03. The van der Waals surface area contributed by atoms with Crippen LogP contribution in [-0.4, -0.2) is 46.0 Å². The van der Waals surface area contributed by atoms with Crippen LogP contribution in [0, 0.1) is 0 Å². The number of nitrogens with two attached hydrogens (primary N) is 1. The smallest absolute Gasteiger partial charge is 0.178 e. The quantitative estimate of drug-likeness (QED) is 0.899. The van der Waals surface area contributed by atoms with E-state index in [1.54, 1.807) is 19.1 Å². The lowest BCUT2D eigenvalue weighted by Crippen LogP contribution is -2.49. The predicted molar refractivity (Wildman–Crippen MR) is 79.8 cm³/mol. The van der Waals surface area contributed by atoms with Crippen molar-refractivity contribution in [1.82, 2.24) is 0 Å². The number of rotatable bonds is 4. The Morgan fingerprint density at radius 2 is 1.95 bits per heavy atom. The van der Waals surface area contributed by atoms with Gasteiger partial charge in [0.05, 0.1) is 22.9 Å². The third-order valence-electron chi connectivity index (χ3n) is 3.53. The van der Waals surface area contributed by atoms with Gasteiger partial charge in [-0.1, -0.05) is 6.92 Å². The first-order valence-electron chi connectivity index (χ1n) is 6.89. The SMILES string of the molecule is CCS(=O)(=O)c1ccc(N2CC(C)OC(CN)C2)cc1. The average molecular weight is 298 g/mol. The summed E-state index contributed by atoms with van der Waals surface area (Å²) in [6, 6.07) is 7.06. The molecule has 1 aromatic rings. The highest BCUT2D eigenvalue weighted by Crippen LogP contribution is 2.22. The Morgan fingerprint density at radius 3 is 2.50 bits per heavy atom. The van der Waals surface area contributed by atoms with Gasteiger partial charge in [-0.3, -0.25) is 0 Å². The van der Waals surface area contributed by atoms with E-state index in [2.05, 4.69) is 4.90 Å². The monoisotopic (exact) mass is 298 g/mol. The van der Waals surface area contributed by atoms with Crippen molar-refractivity contribution in [2.24, 2.45) is 5.73 Å². The fourth-order valence-electron chi connectivity index (χ4n) is 2.42.